The van der Waals surface area contributed by atoms with Gasteiger partial charge >= 0.3 is 0 Å². The molecule has 0 amide bonds. The van der Waals surface area contributed by atoms with E-state index in [1.165, 1.54) is 50.5 Å². The SMILES string of the molecule is C=C(CC(C)/C(=C\C)CC)CC1CCCC[C@H]1C. The lowest BCUT2D eigenvalue weighted by molar-refractivity contribution is 0.252. The average molecular weight is 248 g/mol. The molecule has 1 saturated carbocycles. The van der Waals surface area contributed by atoms with Crippen molar-refractivity contribution in [3.63, 3.8) is 0 Å². The molecule has 0 aliphatic heterocycles. The molecule has 0 aromatic carbocycles. The van der Waals surface area contributed by atoms with Crippen molar-refractivity contribution in [2.45, 2.75) is 72.6 Å². The molecule has 1 aliphatic carbocycles. The minimum Gasteiger partial charge on any atom is -0.0998 e. The van der Waals surface area contributed by atoms with Crippen LogP contribution in [0.5, 0.6) is 0 Å². The summed E-state index contributed by atoms with van der Waals surface area (Å²) < 4.78 is 0. The highest BCUT2D eigenvalue weighted by molar-refractivity contribution is 5.09. The molecule has 0 radical (unpaired) electrons. The maximum atomic E-state index is 4.35. The Hall–Kier alpha value is -0.520. The van der Waals surface area contributed by atoms with Crippen LogP contribution in [-0.2, 0) is 0 Å². The highest BCUT2D eigenvalue weighted by atomic mass is 14.3. The van der Waals surface area contributed by atoms with Crippen LogP contribution in [-0.4, -0.2) is 0 Å². The second kappa shape index (κ2) is 7.81. The Morgan fingerprint density at radius 2 is 2.00 bits per heavy atom. The van der Waals surface area contributed by atoms with E-state index in [-0.39, 0.29) is 0 Å². The zero-order chi connectivity index (χ0) is 13.5. The molecular formula is C18H32. The van der Waals surface area contributed by atoms with Gasteiger partial charge < -0.3 is 0 Å². The van der Waals surface area contributed by atoms with Gasteiger partial charge in [-0.3, -0.25) is 0 Å². The van der Waals surface area contributed by atoms with Crippen LogP contribution >= 0.6 is 0 Å². The summed E-state index contributed by atoms with van der Waals surface area (Å²) in [5.74, 6) is 2.51. The van der Waals surface area contributed by atoms with Crippen molar-refractivity contribution < 1.29 is 0 Å². The Bertz CT molecular complexity index is 284. The van der Waals surface area contributed by atoms with Crippen LogP contribution in [0, 0.1) is 17.8 Å². The van der Waals surface area contributed by atoms with Gasteiger partial charge in [-0.15, -0.1) is 0 Å². The summed E-state index contributed by atoms with van der Waals surface area (Å²) in [6.07, 6.45) is 11.7. The molecule has 0 nitrogen and oxygen atoms in total. The first-order valence-corrected chi connectivity index (χ1v) is 7.90. The summed E-state index contributed by atoms with van der Waals surface area (Å²) in [6, 6.07) is 0. The van der Waals surface area contributed by atoms with Crippen LogP contribution < -0.4 is 0 Å². The van der Waals surface area contributed by atoms with Crippen molar-refractivity contribution in [3.8, 4) is 0 Å². The summed E-state index contributed by atoms with van der Waals surface area (Å²) in [7, 11) is 0. The van der Waals surface area contributed by atoms with Gasteiger partial charge in [0, 0.05) is 0 Å². The predicted molar refractivity (Wildman–Crippen MR) is 82.7 cm³/mol. The van der Waals surface area contributed by atoms with E-state index in [1.807, 2.05) is 0 Å². The minimum atomic E-state index is 0.686. The van der Waals surface area contributed by atoms with E-state index in [9.17, 15) is 0 Å². The molecule has 0 spiro atoms. The van der Waals surface area contributed by atoms with Crippen molar-refractivity contribution in [2.75, 3.05) is 0 Å². The molecule has 0 aromatic heterocycles. The van der Waals surface area contributed by atoms with Crippen LogP contribution in [0.2, 0.25) is 0 Å². The van der Waals surface area contributed by atoms with Crippen LogP contribution in [0.4, 0.5) is 0 Å². The van der Waals surface area contributed by atoms with Gasteiger partial charge in [-0.25, -0.2) is 0 Å². The molecule has 0 heterocycles. The topological polar surface area (TPSA) is 0 Å². The predicted octanol–water partition coefficient (Wildman–Crippen LogP) is 6.14. The highest BCUT2D eigenvalue weighted by Crippen LogP contribution is 2.35. The van der Waals surface area contributed by atoms with Crippen molar-refractivity contribution in [3.05, 3.63) is 23.8 Å². The van der Waals surface area contributed by atoms with Crippen molar-refractivity contribution >= 4 is 0 Å². The number of allylic oxidation sites excluding steroid dienone is 3. The maximum absolute atomic E-state index is 4.35. The van der Waals surface area contributed by atoms with Gasteiger partial charge in [0.1, 0.15) is 0 Å². The smallest absolute Gasteiger partial charge is 0.0195 e. The second-order valence-corrected chi connectivity index (χ2v) is 6.30. The van der Waals surface area contributed by atoms with E-state index in [2.05, 4.69) is 40.3 Å². The summed E-state index contributed by atoms with van der Waals surface area (Å²) in [6.45, 7) is 13.6. The van der Waals surface area contributed by atoms with Crippen molar-refractivity contribution in [1.29, 1.82) is 0 Å². The number of hydrogen-bond donors (Lipinski definition) is 0. The Kier molecular flexibility index (Phi) is 6.75. The summed E-state index contributed by atoms with van der Waals surface area (Å²) >= 11 is 0. The number of hydrogen-bond acceptors (Lipinski definition) is 0. The van der Waals surface area contributed by atoms with E-state index in [4.69, 9.17) is 0 Å². The molecular weight excluding hydrogens is 216 g/mol. The molecule has 104 valence electrons. The van der Waals surface area contributed by atoms with Gasteiger partial charge in [-0.2, -0.15) is 0 Å². The number of rotatable bonds is 6. The molecule has 0 bridgehead atoms. The van der Waals surface area contributed by atoms with Crippen LogP contribution in [0.3, 0.4) is 0 Å². The Balaban J connectivity index is 2.41. The molecule has 0 N–H and O–H groups in total. The quantitative estimate of drug-likeness (QED) is 0.495. The molecule has 0 heteroatoms. The summed E-state index contributed by atoms with van der Waals surface area (Å²) in [5, 5.41) is 0. The molecule has 0 saturated heterocycles. The van der Waals surface area contributed by atoms with Gasteiger partial charge in [0.15, 0.2) is 0 Å². The van der Waals surface area contributed by atoms with E-state index < -0.39 is 0 Å². The Labute approximate surface area is 115 Å². The third-order valence-corrected chi connectivity index (χ3v) is 4.85. The van der Waals surface area contributed by atoms with E-state index >= 15 is 0 Å². The lowest BCUT2D eigenvalue weighted by Gasteiger charge is -2.30. The highest BCUT2D eigenvalue weighted by Gasteiger charge is 2.22. The van der Waals surface area contributed by atoms with Gasteiger partial charge in [0.25, 0.3) is 0 Å². The molecule has 18 heavy (non-hydrogen) atoms. The van der Waals surface area contributed by atoms with Gasteiger partial charge in [0.05, 0.1) is 0 Å². The Morgan fingerprint density at radius 1 is 1.33 bits per heavy atom. The molecule has 1 aliphatic rings. The van der Waals surface area contributed by atoms with Crippen molar-refractivity contribution in [2.24, 2.45) is 17.8 Å². The standard InChI is InChI=1S/C18H32/c1-6-17(7-2)16(5)12-14(3)13-18-11-9-8-10-15(18)4/h6,15-16,18H,3,7-13H2,1-2,4-5H3/b17-6-/t15-,16?,18?/m1/s1. The average Bonchev–Trinajstić information content (AvgIpc) is 2.33. The van der Waals surface area contributed by atoms with Gasteiger partial charge in [0.2, 0.25) is 0 Å². The van der Waals surface area contributed by atoms with Crippen LogP contribution in [0.15, 0.2) is 23.8 Å². The first-order valence-electron chi connectivity index (χ1n) is 7.90. The lowest BCUT2D eigenvalue weighted by Crippen LogP contribution is -2.17. The Morgan fingerprint density at radius 3 is 2.56 bits per heavy atom. The first-order chi connectivity index (χ1) is 8.58. The molecule has 3 atom stereocenters. The van der Waals surface area contributed by atoms with Crippen LogP contribution in [0.25, 0.3) is 0 Å². The molecule has 0 aromatic rings. The lowest BCUT2D eigenvalue weighted by atomic mass is 9.76. The fraction of sp³-hybridized carbons (Fsp3) is 0.778. The first kappa shape index (κ1) is 15.5. The second-order valence-electron chi connectivity index (χ2n) is 6.30. The van der Waals surface area contributed by atoms with Crippen LogP contribution in [0.1, 0.15) is 72.6 Å². The fourth-order valence-corrected chi connectivity index (χ4v) is 3.55. The zero-order valence-corrected chi connectivity index (χ0v) is 13.0. The molecule has 1 rings (SSSR count). The van der Waals surface area contributed by atoms with E-state index in [0.717, 1.165) is 11.8 Å². The zero-order valence-electron chi connectivity index (χ0n) is 13.0. The van der Waals surface area contributed by atoms with E-state index in [1.54, 1.807) is 5.57 Å². The summed E-state index contributed by atoms with van der Waals surface area (Å²) in [5.41, 5.74) is 3.07. The monoisotopic (exact) mass is 248 g/mol. The van der Waals surface area contributed by atoms with Crippen molar-refractivity contribution in [1.82, 2.24) is 0 Å². The van der Waals surface area contributed by atoms with Gasteiger partial charge in [-0.05, 0) is 50.4 Å². The van der Waals surface area contributed by atoms with Gasteiger partial charge in [-0.1, -0.05) is 63.8 Å². The largest absolute Gasteiger partial charge is 0.0998 e. The molecule has 2 unspecified atom stereocenters. The van der Waals surface area contributed by atoms with E-state index in [0.29, 0.717) is 5.92 Å². The third-order valence-electron chi connectivity index (χ3n) is 4.85. The third kappa shape index (κ3) is 4.63. The normalized spacial score (nSPS) is 27.0. The fourth-order valence-electron chi connectivity index (χ4n) is 3.55. The minimum absolute atomic E-state index is 0.686. The molecule has 1 fully saturated rings. The maximum Gasteiger partial charge on any atom is -0.0195 e. The summed E-state index contributed by atoms with van der Waals surface area (Å²) in [4.78, 5) is 0.